The molecule has 0 saturated carbocycles. The molecule has 0 aliphatic carbocycles. The van der Waals surface area contributed by atoms with Crippen LogP contribution in [0, 0.1) is 0 Å². The molecule has 3 aromatic rings. The van der Waals surface area contributed by atoms with Crippen molar-refractivity contribution in [2.75, 3.05) is 7.11 Å². The van der Waals surface area contributed by atoms with E-state index in [2.05, 4.69) is 4.98 Å². The van der Waals surface area contributed by atoms with Crippen LogP contribution in [0.25, 0.3) is 10.9 Å². The van der Waals surface area contributed by atoms with Crippen LogP contribution in [0.1, 0.15) is 10.4 Å². The number of rotatable bonds is 3. The number of nitrogens with one attached hydrogen (secondary N) is 1. The van der Waals surface area contributed by atoms with E-state index >= 15 is 0 Å². The molecule has 20 heavy (non-hydrogen) atoms. The number of hydrogen-bond acceptors (Lipinski definition) is 3. The number of hydrogen-bond donors (Lipinski definition) is 1. The van der Waals surface area contributed by atoms with Gasteiger partial charge >= 0.3 is 5.97 Å². The van der Waals surface area contributed by atoms with Gasteiger partial charge in [-0.3, -0.25) is 0 Å². The van der Waals surface area contributed by atoms with Gasteiger partial charge in [-0.15, -0.1) is 0 Å². The van der Waals surface area contributed by atoms with Gasteiger partial charge in [0, 0.05) is 23.7 Å². The maximum atomic E-state index is 12.0. The maximum absolute atomic E-state index is 12.0. The molecule has 0 bridgehead atoms. The minimum atomic E-state index is -0.390. The van der Waals surface area contributed by atoms with Crippen molar-refractivity contribution in [3.05, 3.63) is 60.3 Å². The van der Waals surface area contributed by atoms with E-state index in [0.717, 1.165) is 10.9 Å². The second kappa shape index (κ2) is 5.09. The lowest BCUT2D eigenvalue weighted by Crippen LogP contribution is -2.08. The summed E-state index contributed by atoms with van der Waals surface area (Å²) in [5.74, 6) is 0.726. The SMILES string of the molecule is COc1cc(OC(=O)c2ccccc2)cc2[nH]ccc12. The number of esters is 1. The van der Waals surface area contributed by atoms with E-state index in [1.54, 1.807) is 43.5 Å². The van der Waals surface area contributed by atoms with Gasteiger partial charge in [-0.1, -0.05) is 18.2 Å². The topological polar surface area (TPSA) is 51.3 Å². The van der Waals surface area contributed by atoms with Gasteiger partial charge < -0.3 is 14.5 Å². The Labute approximate surface area is 115 Å². The van der Waals surface area contributed by atoms with E-state index in [9.17, 15) is 4.79 Å². The van der Waals surface area contributed by atoms with Crippen molar-refractivity contribution in [1.29, 1.82) is 0 Å². The van der Waals surface area contributed by atoms with Gasteiger partial charge in [-0.2, -0.15) is 0 Å². The molecule has 0 radical (unpaired) electrons. The zero-order valence-electron chi connectivity index (χ0n) is 10.9. The minimum absolute atomic E-state index is 0.390. The largest absolute Gasteiger partial charge is 0.496 e. The second-order valence-electron chi connectivity index (χ2n) is 4.32. The first kappa shape index (κ1) is 12.3. The Morgan fingerprint density at radius 3 is 2.65 bits per heavy atom. The molecule has 1 aromatic heterocycles. The van der Waals surface area contributed by atoms with Gasteiger partial charge in [-0.05, 0) is 18.2 Å². The van der Waals surface area contributed by atoms with Crippen molar-refractivity contribution < 1.29 is 14.3 Å². The lowest BCUT2D eigenvalue weighted by Gasteiger charge is -2.07. The molecule has 0 spiro atoms. The smallest absolute Gasteiger partial charge is 0.343 e. The number of aromatic nitrogens is 1. The molecule has 4 heteroatoms. The fraction of sp³-hybridized carbons (Fsp3) is 0.0625. The summed E-state index contributed by atoms with van der Waals surface area (Å²) in [5, 5.41) is 0.951. The summed E-state index contributed by atoms with van der Waals surface area (Å²) in [6.45, 7) is 0. The third kappa shape index (κ3) is 2.23. The van der Waals surface area contributed by atoms with Crippen LogP contribution in [-0.2, 0) is 0 Å². The van der Waals surface area contributed by atoms with Gasteiger partial charge in [-0.25, -0.2) is 4.79 Å². The van der Waals surface area contributed by atoms with Crippen LogP contribution >= 0.6 is 0 Å². The summed E-state index contributed by atoms with van der Waals surface area (Å²) in [5.41, 5.74) is 1.37. The van der Waals surface area contributed by atoms with E-state index in [0.29, 0.717) is 17.1 Å². The van der Waals surface area contributed by atoms with Crippen molar-refractivity contribution in [2.45, 2.75) is 0 Å². The molecule has 0 amide bonds. The molecule has 0 aliphatic heterocycles. The van der Waals surface area contributed by atoms with Gasteiger partial charge in [0.2, 0.25) is 0 Å². The standard InChI is InChI=1S/C16H13NO3/c1-19-15-10-12(9-14-13(15)7-8-17-14)20-16(18)11-5-3-2-4-6-11/h2-10,17H,1H3. The van der Waals surface area contributed by atoms with Crippen LogP contribution < -0.4 is 9.47 Å². The number of benzene rings is 2. The highest BCUT2D eigenvalue weighted by atomic mass is 16.5. The molecule has 0 unspecified atom stereocenters. The third-order valence-electron chi connectivity index (χ3n) is 3.04. The number of ether oxygens (including phenoxy) is 2. The van der Waals surface area contributed by atoms with Crippen molar-refractivity contribution >= 4 is 16.9 Å². The van der Waals surface area contributed by atoms with Gasteiger partial charge in [0.25, 0.3) is 0 Å². The van der Waals surface area contributed by atoms with Gasteiger partial charge in [0.15, 0.2) is 0 Å². The summed E-state index contributed by atoms with van der Waals surface area (Å²) >= 11 is 0. The van der Waals surface area contributed by atoms with Crippen molar-refractivity contribution in [2.24, 2.45) is 0 Å². The molecule has 0 fully saturated rings. The summed E-state index contributed by atoms with van der Waals surface area (Å²) < 4.78 is 10.7. The Balaban J connectivity index is 1.93. The van der Waals surface area contributed by atoms with E-state index in [-0.39, 0.29) is 0 Å². The number of fused-ring (bicyclic) bond motifs is 1. The van der Waals surface area contributed by atoms with Crippen LogP contribution in [-0.4, -0.2) is 18.1 Å². The zero-order valence-corrected chi connectivity index (χ0v) is 10.9. The fourth-order valence-electron chi connectivity index (χ4n) is 2.08. The van der Waals surface area contributed by atoms with Crippen molar-refractivity contribution in [3.8, 4) is 11.5 Å². The number of aromatic amines is 1. The molecular weight excluding hydrogens is 254 g/mol. The monoisotopic (exact) mass is 267 g/mol. The Morgan fingerprint density at radius 2 is 1.90 bits per heavy atom. The van der Waals surface area contributed by atoms with Crippen LogP contribution in [0.3, 0.4) is 0 Å². The minimum Gasteiger partial charge on any atom is -0.496 e. The number of carbonyl (C=O) groups excluding carboxylic acids is 1. The van der Waals surface area contributed by atoms with Gasteiger partial charge in [0.1, 0.15) is 11.5 Å². The number of methoxy groups -OCH3 is 1. The molecular formula is C16H13NO3. The van der Waals surface area contributed by atoms with E-state index < -0.39 is 5.97 Å². The first-order chi connectivity index (χ1) is 9.78. The Morgan fingerprint density at radius 1 is 1.10 bits per heavy atom. The zero-order chi connectivity index (χ0) is 13.9. The molecule has 1 N–H and O–H groups in total. The van der Waals surface area contributed by atoms with E-state index in [4.69, 9.17) is 9.47 Å². The highest BCUT2D eigenvalue weighted by Gasteiger charge is 2.11. The summed E-state index contributed by atoms with van der Waals surface area (Å²) in [7, 11) is 1.59. The van der Waals surface area contributed by atoms with Crippen LogP contribution in [0.4, 0.5) is 0 Å². The summed E-state index contributed by atoms with van der Waals surface area (Å²) in [6.07, 6.45) is 1.82. The average Bonchev–Trinajstić information content (AvgIpc) is 2.95. The predicted octanol–water partition coefficient (Wildman–Crippen LogP) is 3.40. The summed E-state index contributed by atoms with van der Waals surface area (Å²) in [6, 6.07) is 14.3. The first-order valence-corrected chi connectivity index (χ1v) is 6.20. The average molecular weight is 267 g/mol. The lowest BCUT2D eigenvalue weighted by atomic mass is 10.2. The van der Waals surface area contributed by atoms with Crippen LogP contribution in [0.5, 0.6) is 11.5 Å². The van der Waals surface area contributed by atoms with E-state index in [1.807, 2.05) is 18.3 Å². The molecule has 0 aliphatic rings. The number of carbonyl (C=O) groups is 1. The lowest BCUT2D eigenvalue weighted by molar-refractivity contribution is 0.0735. The molecule has 0 saturated heterocycles. The quantitative estimate of drug-likeness (QED) is 0.584. The Kier molecular flexibility index (Phi) is 3.13. The first-order valence-electron chi connectivity index (χ1n) is 6.20. The highest BCUT2D eigenvalue weighted by Crippen LogP contribution is 2.30. The summed E-state index contributed by atoms with van der Waals surface area (Å²) in [4.78, 5) is 15.1. The van der Waals surface area contributed by atoms with Crippen molar-refractivity contribution in [1.82, 2.24) is 4.98 Å². The maximum Gasteiger partial charge on any atom is 0.343 e. The highest BCUT2D eigenvalue weighted by molar-refractivity contribution is 5.92. The molecule has 0 atom stereocenters. The molecule has 3 rings (SSSR count). The molecule has 2 aromatic carbocycles. The third-order valence-corrected chi connectivity index (χ3v) is 3.04. The molecule has 1 heterocycles. The molecule has 4 nitrogen and oxygen atoms in total. The van der Waals surface area contributed by atoms with Crippen LogP contribution in [0.15, 0.2) is 54.7 Å². The number of H-pyrrole nitrogens is 1. The normalized spacial score (nSPS) is 10.4. The predicted molar refractivity (Wildman–Crippen MR) is 76.3 cm³/mol. The van der Waals surface area contributed by atoms with Crippen molar-refractivity contribution in [3.63, 3.8) is 0 Å². The Bertz CT molecular complexity index is 747. The second-order valence-corrected chi connectivity index (χ2v) is 4.32. The molecule has 100 valence electrons. The van der Waals surface area contributed by atoms with E-state index in [1.165, 1.54) is 0 Å². The Hall–Kier alpha value is -2.75. The fourth-order valence-corrected chi connectivity index (χ4v) is 2.08. The van der Waals surface area contributed by atoms with Gasteiger partial charge in [0.05, 0.1) is 18.2 Å². The van der Waals surface area contributed by atoms with Crippen LogP contribution in [0.2, 0.25) is 0 Å².